The zero-order valence-corrected chi connectivity index (χ0v) is 19.9. The van der Waals surface area contributed by atoms with Gasteiger partial charge in [0, 0.05) is 16.3 Å². The number of nitrogens with one attached hydrogen (secondary N) is 2. The van der Waals surface area contributed by atoms with E-state index in [0.29, 0.717) is 40.6 Å². The predicted molar refractivity (Wildman–Crippen MR) is 134 cm³/mol. The first kappa shape index (κ1) is 24.3. The molecule has 0 saturated heterocycles. The standard InChI is InChI=1S/C27H25ClN2O5/c1-34-23-9-3-2-8-22(23)30-25(32)18-10-12-21(13-11-18)29-24(31)17-35-26(33)27(14-5-15-27)19-6-4-7-20(28)16-19/h2-4,6-13,16H,5,14-15,17H2,1H3,(H,29,31)(H,30,32). The average Bonchev–Trinajstić information content (AvgIpc) is 2.83. The maximum atomic E-state index is 12.8. The predicted octanol–water partition coefficient (Wildman–Crippen LogP) is 5.20. The lowest BCUT2D eigenvalue weighted by Crippen LogP contribution is -2.44. The molecule has 4 rings (SSSR count). The fourth-order valence-corrected chi connectivity index (χ4v) is 4.23. The van der Waals surface area contributed by atoms with Gasteiger partial charge >= 0.3 is 5.97 Å². The van der Waals surface area contributed by atoms with Crippen LogP contribution < -0.4 is 15.4 Å². The van der Waals surface area contributed by atoms with Crippen molar-refractivity contribution in [2.75, 3.05) is 24.4 Å². The largest absolute Gasteiger partial charge is 0.495 e. The summed E-state index contributed by atoms with van der Waals surface area (Å²) in [6, 6.07) is 20.7. The lowest BCUT2D eigenvalue weighted by atomic mass is 9.64. The van der Waals surface area contributed by atoms with Crippen molar-refractivity contribution in [3.8, 4) is 5.75 Å². The van der Waals surface area contributed by atoms with Crippen LogP contribution in [0.15, 0.2) is 72.8 Å². The molecule has 0 heterocycles. The van der Waals surface area contributed by atoms with E-state index in [1.54, 1.807) is 60.7 Å². The summed E-state index contributed by atoms with van der Waals surface area (Å²) in [5, 5.41) is 6.03. The van der Waals surface area contributed by atoms with Gasteiger partial charge in [-0.2, -0.15) is 0 Å². The van der Waals surface area contributed by atoms with E-state index in [2.05, 4.69) is 10.6 Å². The SMILES string of the molecule is COc1ccccc1NC(=O)c1ccc(NC(=O)COC(=O)C2(c3cccc(Cl)c3)CCC2)cc1. The molecule has 3 aromatic rings. The number of hydrogen-bond donors (Lipinski definition) is 2. The third-order valence-electron chi connectivity index (χ3n) is 6.10. The number of carbonyl (C=O) groups is 3. The highest BCUT2D eigenvalue weighted by Gasteiger charge is 2.47. The first-order valence-corrected chi connectivity index (χ1v) is 11.6. The van der Waals surface area contributed by atoms with E-state index < -0.39 is 23.9 Å². The van der Waals surface area contributed by atoms with Crippen molar-refractivity contribution in [3.63, 3.8) is 0 Å². The van der Waals surface area contributed by atoms with Gasteiger partial charge in [0.2, 0.25) is 0 Å². The molecule has 180 valence electrons. The Kier molecular flexibility index (Phi) is 7.36. The number of esters is 1. The third-order valence-corrected chi connectivity index (χ3v) is 6.33. The second kappa shape index (κ2) is 10.6. The van der Waals surface area contributed by atoms with Crippen LogP contribution in [0.2, 0.25) is 5.02 Å². The molecule has 3 aromatic carbocycles. The van der Waals surface area contributed by atoms with Crippen molar-refractivity contribution in [2.24, 2.45) is 0 Å². The Hall–Kier alpha value is -3.84. The highest BCUT2D eigenvalue weighted by molar-refractivity contribution is 6.30. The summed E-state index contributed by atoms with van der Waals surface area (Å²) >= 11 is 6.09. The molecule has 0 unspecified atom stereocenters. The smallest absolute Gasteiger partial charge is 0.317 e. The van der Waals surface area contributed by atoms with Crippen LogP contribution in [-0.4, -0.2) is 31.5 Å². The molecule has 1 aliphatic rings. The second-order valence-corrected chi connectivity index (χ2v) is 8.74. The number of ether oxygens (including phenoxy) is 2. The Morgan fingerprint density at radius 3 is 2.34 bits per heavy atom. The number of amides is 2. The van der Waals surface area contributed by atoms with Crippen LogP contribution in [0.25, 0.3) is 0 Å². The normalized spacial score (nSPS) is 13.8. The van der Waals surface area contributed by atoms with Gasteiger partial charge in [0.15, 0.2) is 6.61 Å². The lowest BCUT2D eigenvalue weighted by molar-refractivity contribution is -0.156. The van der Waals surface area contributed by atoms with E-state index >= 15 is 0 Å². The van der Waals surface area contributed by atoms with Gasteiger partial charge < -0.3 is 20.1 Å². The van der Waals surface area contributed by atoms with Gasteiger partial charge in [0.1, 0.15) is 5.75 Å². The summed E-state index contributed by atoms with van der Waals surface area (Å²) in [6.45, 7) is -0.406. The van der Waals surface area contributed by atoms with E-state index in [1.165, 1.54) is 7.11 Å². The number of para-hydroxylation sites is 2. The van der Waals surface area contributed by atoms with E-state index in [0.717, 1.165) is 12.0 Å². The summed E-state index contributed by atoms with van der Waals surface area (Å²) in [5.74, 6) is -0.652. The fourth-order valence-electron chi connectivity index (χ4n) is 4.04. The minimum Gasteiger partial charge on any atom is -0.495 e. The number of rotatable bonds is 8. The topological polar surface area (TPSA) is 93.7 Å². The first-order valence-electron chi connectivity index (χ1n) is 11.2. The summed E-state index contributed by atoms with van der Waals surface area (Å²) in [5.41, 5.74) is 1.51. The van der Waals surface area contributed by atoms with Gasteiger partial charge in [0.25, 0.3) is 11.8 Å². The molecular weight excluding hydrogens is 468 g/mol. The van der Waals surface area contributed by atoms with Gasteiger partial charge in [0.05, 0.1) is 18.2 Å². The Morgan fingerprint density at radius 2 is 1.69 bits per heavy atom. The Bertz CT molecular complexity index is 1240. The molecule has 2 amide bonds. The maximum absolute atomic E-state index is 12.8. The Balaban J connectivity index is 1.31. The molecule has 0 radical (unpaired) electrons. The summed E-state index contributed by atoms with van der Waals surface area (Å²) in [7, 11) is 1.53. The minimum absolute atomic E-state index is 0.312. The van der Waals surface area contributed by atoms with Gasteiger partial charge in [-0.15, -0.1) is 0 Å². The highest BCUT2D eigenvalue weighted by Crippen LogP contribution is 2.45. The zero-order valence-electron chi connectivity index (χ0n) is 19.2. The highest BCUT2D eigenvalue weighted by atomic mass is 35.5. The molecule has 0 bridgehead atoms. The van der Waals surface area contributed by atoms with E-state index in [4.69, 9.17) is 21.1 Å². The molecule has 7 nitrogen and oxygen atoms in total. The van der Waals surface area contributed by atoms with Gasteiger partial charge in [-0.05, 0) is 66.9 Å². The lowest BCUT2D eigenvalue weighted by Gasteiger charge is -2.39. The van der Waals surface area contributed by atoms with Crippen molar-refractivity contribution in [2.45, 2.75) is 24.7 Å². The quantitative estimate of drug-likeness (QED) is 0.421. The van der Waals surface area contributed by atoms with E-state index in [9.17, 15) is 14.4 Å². The van der Waals surface area contributed by atoms with E-state index in [-0.39, 0.29) is 5.91 Å². The average molecular weight is 493 g/mol. The number of carbonyl (C=O) groups excluding carboxylic acids is 3. The Morgan fingerprint density at radius 1 is 0.943 bits per heavy atom. The monoisotopic (exact) mass is 492 g/mol. The third kappa shape index (κ3) is 5.46. The number of methoxy groups -OCH3 is 1. The van der Waals surface area contributed by atoms with Crippen LogP contribution in [0, 0.1) is 0 Å². The number of hydrogen-bond acceptors (Lipinski definition) is 5. The Labute approximate surface area is 208 Å². The van der Waals surface area contributed by atoms with Crippen LogP contribution >= 0.6 is 11.6 Å². The van der Waals surface area contributed by atoms with Crippen LogP contribution in [0.5, 0.6) is 5.75 Å². The fraction of sp³-hybridized carbons (Fsp3) is 0.222. The molecule has 35 heavy (non-hydrogen) atoms. The first-order chi connectivity index (χ1) is 16.9. The molecule has 8 heteroatoms. The zero-order chi connectivity index (χ0) is 24.8. The van der Waals surface area contributed by atoms with Crippen LogP contribution in [0.1, 0.15) is 35.2 Å². The van der Waals surface area contributed by atoms with Gasteiger partial charge in [-0.1, -0.05) is 42.3 Å². The molecule has 2 N–H and O–H groups in total. The number of halogens is 1. The van der Waals surface area contributed by atoms with Gasteiger partial charge in [-0.25, -0.2) is 0 Å². The molecule has 0 spiro atoms. The van der Waals surface area contributed by atoms with Gasteiger partial charge in [-0.3, -0.25) is 14.4 Å². The molecule has 0 aromatic heterocycles. The van der Waals surface area contributed by atoms with Crippen LogP contribution in [-0.2, 0) is 19.7 Å². The van der Waals surface area contributed by atoms with Crippen molar-refractivity contribution in [3.05, 3.63) is 88.9 Å². The molecule has 1 saturated carbocycles. The van der Waals surface area contributed by atoms with Crippen LogP contribution in [0.3, 0.4) is 0 Å². The summed E-state index contributed by atoms with van der Waals surface area (Å²) < 4.78 is 10.6. The number of anilines is 2. The maximum Gasteiger partial charge on any atom is 0.317 e. The summed E-state index contributed by atoms with van der Waals surface area (Å²) in [6.07, 6.45) is 2.23. The molecule has 0 aliphatic heterocycles. The van der Waals surface area contributed by atoms with Crippen molar-refractivity contribution >= 4 is 40.8 Å². The number of benzene rings is 3. The molecule has 1 aliphatic carbocycles. The van der Waals surface area contributed by atoms with Crippen molar-refractivity contribution in [1.82, 2.24) is 0 Å². The molecule has 1 fully saturated rings. The summed E-state index contributed by atoms with van der Waals surface area (Å²) in [4.78, 5) is 37.7. The van der Waals surface area contributed by atoms with E-state index in [1.807, 2.05) is 12.1 Å². The minimum atomic E-state index is -0.748. The second-order valence-electron chi connectivity index (χ2n) is 8.30. The van der Waals surface area contributed by atoms with Crippen LogP contribution in [0.4, 0.5) is 11.4 Å². The van der Waals surface area contributed by atoms with Crippen molar-refractivity contribution in [1.29, 1.82) is 0 Å². The molecular formula is C27H25ClN2O5. The van der Waals surface area contributed by atoms with Crippen molar-refractivity contribution < 1.29 is 23.9 Å². The molecule has 0 atom stereocenters.